The van der Waals surface area contributed by atoms with Crippen LogP contribution in [-0.4, -0.2) is 23.0 Å². The number of hydrogen-bond donors (Lipinski definition) is 3. The fraction of sp³-hybridized carbons (Fsp3) is 0.154. The minimum Gasteiger partial charge on any atom is -0.478 e. The number of aliphatic carboxylic acids is 1. The summed E-state index contributed by atoms with van der Waals surface area (Å²) in [5.41, 5.74) is 1.68. The van der Waals surface area contributed by atoms with Gasteiger partial charge in [0.1, 0.15) is 0 Å². The first-order chi connectivity index (χ1) is 9.01. The number of amides is 3. The Morgan fingerprint density at radius 1 is 1.16 bits per heavy atom. The Morgan fingerprint density at radius 2 is 1.79 bits per heavy atom. The molecule has 0 aromatic heterocycles. The highest BCUT2D eigenvalue weighted by atomic mass is 16.4. The van der Waals surface area contributed by atoms with Gasteiger partial charge in [-0.25, -0.2) is 9.59 Å². The molecule has 0 aliphatic carbocycles. The van der Waals surface area contributed by atoms with E-state index in [1.165, 1.54) is 0 Å². The molecule has 0 aliphatic heterocycles. The molecule has 0 atom stereocenters. The highest BCUT2D eigenvalue weighted by Crippen LogP contribution is 2.09. The normalized spacial score (nSPS) is 10.2. The van der Waals surface area contributed by atoms with Crippen molar-refractivity contribution in [3.05, 3.63) is 42.0 Å². The van der Waals surface area contributed by atoms with Crippen molar-refractivity contribution in [3.8, 4) is 0 Å². The van der Waals surface area contributed by atoms with E-state index in [0.29, 0.717) is 11.8 Å². The molecule has 1 aromatic rings. The number of rotatable bonds is 4. The fourth-order valence-corrected chi connectivity index (χ4v) is 1.29. The average Bonchev–Trinajstić information content (AvgIpc) is 2.37. The number of nitrogens with one attached hydrogen (secondary N) is 2. The van der Waals surface area contributed by atoms with Gasteiger partial charge in [-0.15, -0.1) is 0 Å². The summed E-state index contributed by atoms with van der Waals surface area (Å²) >= 11 is 0. The molecule has 0 unspecified atom stereocenters. The van der Waals surface area contributed by atoms with Gasteiger partial charge in [0.2, 0.25) is 0 Å². The van der Waals surface area contributed by atoms with E-state index in [0.717, 1.165) is 18.1 Å². The van der Waals surface area contributed by atoms with Crippen molar-refractivity contribution in [1.29, 1.82) is 0 Å². The fourth-order valence-electron chi connectivity index (χ4n) is 1.29. The number of carbonyl (C=O) groups is 3. The van der Waals surface area contributed by atoms with Crippen LogP contribution in [0.15, 0.2) is 36.4 Å². The molecule has 3 N–H and O–H groups in total. The van der Waals surface area contributed by atoms with Gasteiger partial charge < -0.3 is 10.4 Å². The number of benzene rings is 1. The summed E-state index contributed by atoms with van der Waals surface area (Å²) in [6, 6.07) is 6.44. The Kier molecular flexibility index (Phi) is 5.28. The first-order valence-electron chi connectivity index (χ1n) is 5.63. The predicted octanol–water partition coefficient (Wildman–Crippen LogP) is 1.54. The van der Waals surface area contributed by atoms with Crippen molar-refractivity contribution < 1.29 is 19.5 Å². The molecule has 0 radical (unpaired) electrons. The maximum Gasteiger partial charge on any atom is 0.328 e. The van der Waals surface area contributed by atoms with E-state index < -0.39 is 17.9 Å². The van der Waals surface area contributed by atoms with Gasteiger partial charge in [-0.3, -0.25) is 10.1 Å². The summed E-state index contributed by atoms with van der Waals surface area (Å²) in [6.45, 7) is 2.02. The molecular formula is C13H14N2O4. The first kappa shape index (κ1) is 14.4. The van der Waals surface area contributed by atoms with Crippen LogP contribution in [0.25, 0.3) is 0 Å². The second-order valence-electron chi connectivity index (χ2n) is 3.67. The molecule has 0 spiro atoms. The Balaban J connectivity index is 2.50. The van der Waals surface area contributed by atoms with Crippen LogP contribution in [-0.2, 0) is 16.0 Å². The van der Waals surface area contributed by atoms with Crippen LogP contribution in [0, 0.1) is 0 Å². The second kappa shape index (κ2) is 6.95. The molecule has 0 fully saturated rings. The maximum atomic E-state index is 11.4. The zero-order valence-electron chi connectivity index (χ0n) is 10.3. The van der Waals surface area contributed by atoms with Crippen molar-refractivity contribution in [2.45, 2.75) is 13.3 Å². The molecule has 0 aliphatic rings. The van der Waals surface area contributed by atoms with Crippen molar-refractivity contribution in [2.24, 2.45) is 0 Å². The monoisotopic (exact) mass is 262 g/mol. The Bertz CT molecular complexity index is 506. The molecule has 1 rings (SSSR count). The van der Waals surface area contributed by atoms with Crippen LogP contribution in [0.4, 0.5) is 10.5 Å². The molecular weight excluding hydrogens is 248 g/mol. The standard InChI is InChI=1S/C13H14N2O4/c1-2-9-3-5-10(6-4-9)14-13(19)15-11(16)7-8-12(17)18/h3-8H,2H2,1H3,(H,17,18)(H2,14,15,16,19)/b8-7+. The zero-order chi connectivity index (χ0) is 14.3. The predicted molar refractivity (Wildman–Crippen MR) is 69.8 cm³/mol. The lowest BCUT2D eigenvalue weighted by Gasteiger charge is -2.05. The number of urea groups is 1. The highest BCUT2D eigenvalue weighted by molar-refractivity contribution is 6.06. The number of carboxylic acids is 1. The van der Waals surface area contributed by atoms with Gasteiger partial charge in [-0.1, -0.05) is 19.1 Å². The van der Waals surface area contributed by atoms with Crippen LogP contribution in [0.1, 0.15) is 12.5 Å². The minimum atomic E-state index is -1.26. The molecule has 19 heavy (non-hydrogen) atoms. The van der Waals surface area contributed by atoms with Gasteiger partial charge in [0.15, 0.2) is 0 Å². The topological polar surface area (TPSA) is 95.5 Å². The summed E-state index contributed by atoms with van der Waals surface area (Å²) in [5, 5.41) is 12.7. The van der Waals surface area contributed by atoms with E-state index in [1.54, 1.807) is 12.1 Å². The molecule has 0 heterocycles. The SMILES string of the molecule is CCc1ccc(NC(=O)NC(=O)/C=C/C(=O)O)cc1. The number of imide groups is 1. The van der Waals surface area contributed by atoms with E-state index in [2.05, 4.69) is 5.32 Å². The average molecular weight is 262 g/mol. The summed E-state index contributed by atoms with van der Waals surface area (Å²) in [4.78, 5) is 32.7. The van der Waals surface area contributed by atoms with E-state index in [1.807, 2.05) is 24.4 Å². The number of anilines is 1. The van der Waals surface area contributed by atoms with Gasteiger partial charge in [0, 0.05) is 17.8 Å². The minimum absolute atomic E-state index is 0.546. The lowest BCUT2D eigenvalue weighted by Crippen LogP contribution is -2.33. The lowest BCUT2D eigenvalue weighted by atomic mass is 10.1. The third kappa shape index (κ3) is 5.49. The number of aryl methyl sites for hydroxylation is 1. The molecule has 0 saturated heterocycles. The third-order valence-electron chi connectivity index (χ3n) is 2.23. The van der Waals surface area contributed by atoms with Crippen LogP contribution >= 0.6 is 0 Å². The summed E-state index contributed by atoms with van der Waals surface area (Å²) in [5.74, 6) is -2.06. The van der Waals surface area contributed by atoms with Gasteiger partial charge in [0.25, 0.3) is 5.91 Å². The van der Waals surface area contributed by atoms with Crippen LogP contribution < -0.4 is 10.6 Å². The molecule has 0 saturated carbocycles. The molecule has 6 heteroatoms. The van der Waals surface area contributed by atoms with Crippen molar-refractivity contribution >= 4 is 23.6 Å². The maximum absolute atomic E-state index is 11.4. The van der Waals surface area contributed by atoms with Crippen molar-refractivity contribution in [3.63, 3.8) is 0 Å². The molecule has 100 valence electrons. The van der Waals surface area contributed by atoms with E-state index >= 15 is 0 Å². The van der Waals surface area contributed by atoms with Gasteiger partial charge in [-0.05, 0) is 24.1 Å². The Hall–Kier alpha value is -2.63. The molecule has 3 amide bonds. The van der Waals surface area contributed by atoms with Crippen LogP contribution in [0.3, 0.4) is 0 Å². The van der Waals surface area contributed by atoms with Crippen molar-refractivity contribution in [2.75, 3.05) is 5.32 Å². The molecule has 1 aromatic carbocycles. The molecule has 6 nitrogen and oxygen atoms in total. The number of carbonyl (C=O) groups excluding carboxylic acids is 2. The quantitative estimate of drug-likeness (QED) is 0.717. The lowest BCUT2D eigenvalue weighted by molar-refractivity contribution is -0.131. The smallest absolute Gasteiger partial charge is 0.328 e. The largest absolute Gasteiger partial charge is 0.478 e. The summed E-state index contributed by atoms with van der Waals surface area (Å²) < 4.78 is 0. The summed E-state index contributed by atoms with van der Waals surface area (Å²) in [6.07, 6.45) is 2.31. The molecule has 0 bridgehead atoms. The van der Waals surface area contributed by atoms with E-state index in [4.69, 9.17) is 5.11 Å². The van der Waals surface area contributed by atoms with Gasteiger partial charge in [0.05, 0.1) is 0 Å². The number of hydrogen-bond acceptors (Lipinski definition) is 3. The van der Waals surface area contributed by atoms with E-state index in [9.17, 15) is 14.4 Å². The highest BCUT2D eigenvalue weighted by Gasteiger charge is 2.05. The summed E-state index contributed by atoms with van der Waals surface area (Å²) in [7, 11) is 0. The second-order valence-corrected chi connectivity index (χ2v) is 3.67. The number of carboxylic acid groups (broad SMARTS) is 1. The zero-order valence-corrected chi connectivity index (χ0v) is 10.3. The van der Waals surface area contributed by atoms with Gasteiger partial charge in [-0.2, -0.15) is 0 Å². The van der Waals surface area contributed by atoms with Gasteiger partial charge >= 0.3 is 12.0 Å². The Labute approximate surface area is 110 Å². The third-order valence-corrected chi connectivity index (χ3v) is 2.23. The first-order valence-corrected chi connectivity index (χ1v) is 5.63. The van der Waals surface area contributed by atoms with Crippen molar-refractivity contribution in [1.82, 2.24) is 5.32 Å². The van der Waals surface area contributed by atoms with Crippen LogP contribution in [0.2, 0.25) is 0 Å². The van der Waals surface area contributed by atoms with E-state index in [-0.39, 0.29) is 0 Å². The Morgan fingerprint density at radius 3 is 2.32 bits per heavy atom. The van der Waals surface area contributed by atoms with Crippen LogP contribution in [0.5, 0.6) is 0 Å².